The maximum atomic E-state index is 14.5. The van der Waals surface area contributed by atoms with E-state index in [1.165, 1.54) is 11.8 Å². The van der Waals surface area contributed by atoms with Crippen molar-refractivity contribution in [1.29, 1.82) is 0 Å². The van der Waals surface area contributed by atoms with Crippen LogP contribution in [0.3, 0.4) is 0 Å². The smallest absolute Gasteiger partial charge is 0.225 e. The Hall–Kier alpha value is -2.25. The standard InChI is InChI=1S/C23H29FN6/c24-19-12-25-22(27-21(19)30-8-4-5-9-30)26-20-17-13-28-10-11-29(14-17)16-23(20,15-28)18-6-2-1-3-7-18/h1-3,6-7,12,17,20H,4-5,8-11,13-16H2,(H,25,26,27). The molecule has 5 fully saturated rings. The summed E-state index contributed by atoms with van der Waals surface area (Å²) < 4.78 is 14.5. The van der Waals surface area contributed by atoms with Crippen molar-refractivity contribution in [3.63, 3.8) is 0 Å². The summed E-state index contributed by atoms with van der Waals surface area (Å²) in [5.74, 6) is 1.19. The monoisotopic (exact) mass is 408 g/mol. The Balaban J connectivity index is 1.37. The minimum absolute atomic E-state index is 0.00944. The van der Waals surface area contributed by atoms with Crippen LogP contribution in [-0.4, -0.2) is 78.2 Å². The number of rotatable bonds is 4. The molecule has 7 heteroatoms. The van der Waals surface area contributed by atoms with E-state index in [1.807, 2.05) is 0 Å². The summed E-state index contributed by atoms with van der Waals surface area (Å²) >= 11 is 0. The lowest BCUT2D eigenvalue weighted by Crippen LogP contribution is -2.68. The Bertz CT molecular complexity index is 899. The number of hydrogen-bond donors (Lipinski definition) is 1. The molecule has 6 nitrogen and oxygen atoms in total. The summed E-state index contributed by atoms with van der Waals surface area (Å²) in [6.07, 6.45) is 3.53. The SMILES string of the molecule is Fc1cnc(NC2C3CN4CCN(C3)CC2(c2ccccc2)C4)nc1N1CCCC1. The van der Waals surface area contributed by atoms with Crippen LogP contribution in [0.25, 0.3) is 0 Å². The molecule has 7 rings (SSSR count). The zero-order valence-electron chi connectivity index (χ0n) is 17.3. The topological polar surface area (TPSA) is 47.5 Å². The van der Waals surface area contributed by atoms with E-state index in [9.17, 15) is 4.39 Å². The largest absolute Gasteiger partial charge is 0.354 e. The maximum Gasteiger partial charge on any atom is 0.225 e. The van der Waals surface area contributed by atoms with E-state index < -0.39 is 0 Å². The molecule has 1 aromatic carbocycles. The molecule has 1 N–H and O–H groups in total. The number of hydrogen-bond acceptors (Lipinski definition) is 6. The molecule has 0 spiro atoms. The third-order valence-corrected chi connectivity index (χ3v) is 7.56. The Kier molecular flexibility index (Phi) is 4.42. The summed E-state index contributed by atoms with van der Waals surface area (Å²) in [5, 5.41) is 3.71. The first-order valence-corrected chi connectivity index (χ1v) is 11.3. The van der Waals surface area contributed by atoms with Crippen LogP contribution in [0.15, 0.2) is 36.5 Å². The number of fused-ring (bicyclic) bond motifs is 1. The molecule has 5 aliphatic heterocycles. The Morgan fingerprint density at radius 2 is 1.67 bits per heavy atom. The van der Waals surface area contributed by atoms with Crippen LogP contribution < -0.4 is 10.2 Å². The first-order valence-electron chi connectivity index (χ1n) is 11.3. The quantitative estimate of drug-likeness (QED) is 0.837. The highest BCUT2D eigenvalue weighted by Gasteiger charge is 2.55. The lowest BCUT2D eigenvalue weighted by molar-refractivity contribution is 0.0436. The fraction of sp³-hybridized carbons (Fsp3) is 0.565. The number of aromatic nitrogens is 2. The van der Waals surface area contributed by atoms with Gasteiger partial charge in [0.15, 0.2) is 11.6 Å². The molecular weight excluding hydrogens is 379 g/mol. The maximum absolute atomic E-state index is 14.5. The van der Waals surface area contributed by atoms with E-state index >= 15 is 0 Å². The Morgan fingerprint density at radius 1 is 0.967 bits per heavy atom. The Labute approximate surface area is 177 Å². The van der Waals surface area contributed by atoms with E-state index in [-0.39, 0.29) is 17.3 Å². The van der Waals surface area contributed by atoms with Gasteiger partial charge in [-0.05, 0) is 18.4 Å². The molecule has 1 aromatic heterocycles. The van der Waals surface area contributed by atoms with Crippen LogP contribution >= 0.6 is 0 Å². The molecule has 0 saturated carbocycles. The number of nitrogens with one attached hydrogen (secondary N) is 1. The van der Waals surface area contributed by atoms with Gasteiger partial charge in [0, 0.05) is 69.7 Å². The normalized spacial score (nSPS) is 34.9. The van der Waals surface area contributed by atoms with Crippen molar-refractivity contribution in [1.82, 2.24) is 19.8 Å². The molecule has 4 bridgehead atoms. The summed E-state index contributed by atoms with van der Waals surface area (Å²) in [5.41, 5.74) is 1.37. The molecule has 3 unspecified atom stereocenters. The van der Waals surface area contributed by atoms with E-state index in [0.29, 0.717) is 17.7 Å². The molecule has 0 amide bonds. The van der Waals surface area contributed by atoms with Crippen molar-refractivity contribution in [2.45, 2.75) is 24.3 Å². The van der Waals surface area contributed by atoms with Crippen LogP contribution in [-0.2, 0) is 5.41 Å². The van der Waals surface area contributed by atoms with Crippen LogP contribution in [0.5, 0.6) is 0 Å². The van der Waals surface area contributed by atoms with Crippen LogP contribution in [0, 0.1) is 11.7 Å². The lowest BCUT2D eigenvalue weighted by atomic mass is 9.64. The third-order valence-electron chi connectivity index (χ3n) is 7.56. The number of anilines is 2. The van der Waals surface area contributed by atoms with Gasteiger partial charge in [-0.25, -0.2) is 9.37 Å². The van der Waals surface area contributed by atoms with Gasteiger partial charge in [-0.2, -0.15) is 4.98 Å². The van der Waals surface area contributed by atoms with E-state index in [0.717, 1.165) is 65.2 Å². The Morgan fingerprint density at radius 3 is 2.37 bits per heavy atom. The third kappa shape index (κ3) is 2.98. The van der Waals surface area contributed by atoms with E-state index in [1.54, 1.807) is 0 Å². The van der Waals surface area contributed by atoms with Crippen LogP contribution in [0.1, 0.15) is 18.4 Å². The molecular formula is C23H29FN6. The number of nitrogens with zero attached hydrogens (tertiary/aromatic N) is 5. The van der Waals surface area contributed by atoms with Gasteiger partial charge in [0.1, 0.15) is 0 Å². The second-order valence-electron chi connectivity index (χ2n) is 9.43. The van der Waals surface area contributed by atoms with Gasteiger partial charge < -0.3 is 20.0 Å². The van der Waals surface area contributed by atoms with Gasteiger partial charge in [0.2, 0.25) is 5.95 Å². The number of piperidine rings is 2. The summed E-state index contributed by atoms with van der Waals surface area (Å²) in [4.78, 5) is 16.3. The van der Waals surface area contributed by atoms with Crippen molar-refractivity contribution in [2.75, 3.05) is 62.6 Å². The zero-order chi connectivity index (χ0) is 20.1. The molecule has 2 aromatic rings. The molecule has 3 atom stereocenters. The van der Waals surface area contributed by atoms with Gasteiger partial charge in [-0.3, -0.25) is 0 Å². The first kappa shape index (κ1) is 18.5. The molecule has 158 valence electrons. The number of benzene rings is 1. The minimum atomic E-state index is -0.320. The second kappa shape index (κ2) is 7.17. The number of halogens is 1. The van der Waals surface area contributed by atoms with Crippen molar-refractivity contribution in [2.24, 2.45) is 5.92 Å². The van der Waals surface area contributed by atoms with Crippen LogP contribution in [0.4, 0.5) is 16.2 Å². The van der Waals surface area contributed by atoms with Crippen molar-refractivity contribution >= 4 is 11.8 Å². The van der Waals surface area contributed by atoms with Crippen molar-refractivity contribution in [3.8, 4) is 0 Å². The van der Waals surface area contributed by atoms with Crippen LogP contribution in [0.2, 0.25) is 0 Å². The van der Waals surface area contributed by atoms with Gasteiger partial charge in [0.25, 0.3) is 0 Å². The molecule has 30 heavy (non-hydrogen) atoms. The highest BCUT2D eigenvalue weighted by Crippen LogP contribution is 2.44. The average molecular weight is 409 g/mol. The lowest BCUT2D eigenvalue weighted by Gasteiger charge is -2.55. The first-order chi connectivity index (χ1) is 14.7. The second-order valence-corrected chi connectivity index (χ2v) is 9.43. The minimum Gasteiger partial charge on any atom is -0.354 e. The molecule has 0 radical (unpaired) electrons. The van der Waals surface area contributed by atoms with Crippen molar-refractivity contribution in [3.05, 3.63) is 47.9 Å². The molecule has 0 aliphatic carbocycles. The molecule has 5 aliphatic rings. The van der Waals surface area contributed by atoms with Gasteiger partial charge in [-0.15, -0.1) is 0 Å². The highest BCUT2D eigenvalue weighted by molar-refractivity contribution is 5.47. The van der Waals surface area contributed by atoms with E-state index in [4.69, 9.17) is 0 Å². The van der Waals surface area contributed by atoms with Gasteiger partial charge in [-0.1, -0.05) is 30.3 Å². The predicted molar refractivity (Wildman–Crippen MR) is 115 cm³/mol. The highest BCUT2D eigenvalue weighted by atomic mass is 19.1. The fourth-order valence-corrected chi connectivity index (χ4v) is 6.29. The average Bonchev–Trinajstić information content (AvgIpc) is 3.18. The van der Waals surface area contributed by atoms with Gasteiger partial charge >= 0.3 is 0 Å². The fourth-order valence-electron chi connectivity index (χ4n) is 6.29. The molecule has 5 saturated heterocycles. The van der Waals surface area contributed by atoms with Gasteiger partial charge in [0.05, 0.1) is 6.20 Å². The summed E-state index contributed by atoms with van der Waals surface area (Å²) in [7, 11) is 0. The summed E-state index contributed by atoms with van der Waals surface area (Å²) in [6, 6.07) is 11.2. The molecule has 6 heterocycles. The zero-order valence-corrected chi connectivity index (χ0v) is 17.3. The van der Waals surface area contributed by atoms with Crippen molar-refractivity contribution < 1.29 is 4.39 Å². The van der Waals surface area contributed by atoms with E-state index in [2.05, 4.69) is 60.3 Å². The summed E-state index contributed by atoms with van der Waals surface area (Å²) in [6.45, 7) is 8.32. The predicted octanol–water partition coefficient (Wildman–Crippen LogP) is 2.20.